The van der Waals surface area contributed by atoms with Crippen molar-refractivity contribution in [2.75, 3.05) is 31.6 Å². The number of benzene rings is 1. The Morgan fingerprint density at radius 3 is 2.52 bits per heavy atom. The van der Waals surface area contributed by atoms with E-state index in [9.17, 15) is 8.42 Å². The first-order valence-corrected chi connectivity index (χ1v) is 10.9. The number of hydrogen-bond donors (Lipinski definition) is 2. The summed E-state index contributed by atoms with van der Waals surface area (Å²) in [5.41, 5.74) is 0.920. The van der Waals surface area contributed by atoms with E-state index in [0.717, 1.165) is 10.0 Å². The molecule has 0 spiro atoms. The molecule has 2 aromatic rings. The third-order valence-corrected chi connectivity index (χ3v) is 6.58. The van der Waals surface area contributed by atoms with Gasteiger partial charge in [-0.05, 0) is 58.0 Å². The van der Waals surface area contributed by atoms with E-state index in [1.54, 1.807) is 30.5 Å². The fraction of sp³-hybridized carbons (Fsp3) is 0.294. The van der Waals surface area contributed by atoms with Crippen LogP contribution in [0.15, 0.2) is 52.0 Å². The Morgan fingerprint density at radius 2 is 1.89 bits per heavy atom. The number of pyridine rings is 1. The average Bonchev–Trinajstić information content (AvgIpc) is 2.69. The van der Waals surface area contributed by atoms with Gasteiger partial charge in [0.25, 0.3) is 0 Å². The average molecular weight is 471 g/mol. The molecule has 1 aliphatic heterocycles. The molecule has 2 N–H and O–H groups in total. The topological polar surface area (TPSA) is 83.6 Å². The molecule has 0 radical (unpaired) electrons. The van der Waals surface area contributed by atoms with Crippen LogP contribution < -0.4 is 10.6 Å². The standard InChI is InChI=1S/C17H19BrN4O3S2/c18-14-3-6-16(19-12-14)21-17(26)20-11-13-1-4-15(5-2-13)27(23,24)22-7-9-25-10-8-22/h1-6,12H,7-11H2,(H2,19,20,21,26). The first kappa shape index (κ1) is 20.2. The highest BCUT2D eigenvalue weighted by molar-refractivity contribution is 9.10. The maximum atomic E-state index is 12.6. The zero-order chi connectivity index (χ0) is 19.3. The monoisotopic (exact) mass is 470 g/mol. The van der Waals surface area contributed by atoms with Crippen LogP contribution in [0, 0.1) is 0 Å². The molecule has 27 heavy (non-hydrogen) atoms. The quantitative estimate of drug-likeness (QED) is 0.648. The van der Waals surface area contributed by atoms with Crippen LogP contribution in [0.2, 0.25) is 0 Å². The Bertz CT molecular complexity index is 883. The summed E-state index contributed by atoms with van der Waals surface area (Å²) in [6.45, 7) is 2.10. The molecule has 1 fully saturated rings. The predicted molar refractivity (Wildman–Crippen MR) is 111 cm³/mol. The van der Waals surface area contributed by atoms with E-state index < -0.39 is 10.0 Å². The van der Waals surface area contributed by atoms with Crippen molar-refractivity contribution < 1.29 is 13.2 Å². The number of nitrogens with one attached hydrogen (secondary N) is 2. The van der Waals surface area contributed by atoms with E-state index in [2.05, 4.69) is 31.5 Å². The lowest BCUT2D eigenvalue weighted by Gasteiger charge is -2.26. The molecule has 0 saturated carbocycles. The smallest absolute Gasteiger partial charge is 0.243 e. The van der Waals surface area contributed by atoms with Gasteiger partial charge in [-0.2, -0.15) is 4.31 Å². The fourth-order valence-corrected chi connectivity index (χ4v) is 4.33. The third kappa shape index (κ3) is 5.45. The van der Waals surface area contributed by atoms with E-state index in [4.69, 9.17) is 17.0 Å². The molecule has 1 aromatic carbocycles. The molecule has 2 heterocycles. The summed E-state index contributed by atoms with van der Waals surface area (Å²) in [5.74, 6) is 0.641. The Kier molecular flexibility index (Phi) is 6.77. The van der Waals surface area contributed by atoms with Crippen LogP contribution in [0.25, 0.3) is 0 Å². The van der Waals surface area contributed by atoms with Gasteiger partial charge < -0.3 is 15.4 Å². The molecule has 0 bridgehead atoms. The number of thiocarbonyl (C=S) groups is 1. The number of ether oxygens (including phenoxy) is 1. The highest BCUT2D eigenvalue weighted by Gasteiger charge is 2.25. The van der Waals surface area contributed by atoms with Gasteiger partial charge in [-0.3, -0.25) is 0 Å². The lowest BCUT2D eigenvalue weighted by atomic mass is 10.2. The van der Waals surface area contributed by atoms with Crippen LogP contribution in [0.4, 0.5) is 5.82 Å². The van der Waals surface area contributed by atoms with Crippen molar-refractivity contribution in [2.24, 2.45) is 0 Å². The Morgan fingerprint density at radius 1 is 1.19 bits per heavy atom. The molecule has 0 atom stereocenters. The van der Waals surface area contributed by atoms with E-state index >= 15 is 0 Å². The van der Waals surface area contributed by atoms with Gasteiger partial charge >= 0.3 is 0 Å². The van der Waals surface area contributed by atoms with Gasteiger partial charge in [0.05, 0.1) is 18.1 Å². The van der Waals surface area contributed by atoms with E-state index in [1.807, 2.05) is 12.1 Å². The minimum atomic E-state index is -3.47. The highest BCUT2D eigenvalue weighted by atomic mass is 79.9. The highest BCUT2D eigenvalue weighted by Crippen LogP contribution is 2.17. The number of hydrogen-bond acceptors (Lipinski definition) is 5. The van der Waals surface area contributed by atoms with Gasteiger partial charge in [0.1, 0.15) is 5.82 Å². The Labute approximate surface area is 172 Å². The predicted octanol–water partition coefficient (Wildman–Crippen LogP) is 2.35. The van der Waals surface area contributed by atoms with Crippen molar-refractivity contribution in [2.45, 2.75) is 11.4 Å². The number of rotatable bonds is 5. The summed E-state index contributed by atoms with van der Waals surface area (Å²) in [5, 5.41) is 6.51. The second-order valence-corrected chi connectivity index (χ2v) is 9.09. The van der Waals surface area contributed by atoms with Gasteiger partial charge in [-0.25, -0.2) is 13.4 Å². The number of halogens is 1. The first-order valence-electron chi connectivity index (χ1n) is 8.28. The zero-order valence-electron chi connectivity index (χ0n) is 14.4. The summed E-state index contributed by atoms with van der Waals surface area (Å²) in [7, 11) is -3.47. The zero-order valence-corrected chi connectivity index (χ0v) is 17.6. The molecular weight excluding hydrogens is 452 g/mol. The van der Waals surface area contributed by atoms with Crippen molar-refractivity contribution in [1.29, 1.82) is 0 Å². The molecule has 144 valence electrons. The first-order chi connectivity index (χ1) is 12.9. The summed E-state index contributed by atoms with van der Waals surface area (Å²) < 4.78 is 32.8. The van der Waals surface area contributed by atoms with Crippen LogP contribution in [0.1, 0.15) is 5.56 Å². The molecule has 0 amide bonds. The van der Waals surface area contributed by atoms with Crippen LogP contribution in [0.5, 0.6) is 0 Å². The lowest BCUT2D eigenvalue weighted by Crippen LogP contribution is -2.40. The van der Waals surface area contributed by atoms with Gasteiger partial charge in [-0.1, -0.05) is 12.1 Å². The number of sulfonamides is 1. The summed E-state index contributed by atoms with van der Waals surface area (Å²) >= 11 is 8.58. The van der Waals surface area contributed by atoms with Gasteiger partial charge in [-0.15, -0.1) is 0 Å². The van der Waals surface area contributed by atoms with Crippen molar-refractivity contribution >= 4 is 49.1 Å². The maximum Gasteiger partial charge on any atom is 0.243 e. The van der Waals surface area contributed by atoms with Crippen LogP contribution in [-0.4, -0.2) is 49.1 Å². The van der Waals surface area contributed by atoms with Crippen molar-refractivity contribution in [3.63, 3.8) is 0 Å². The largest absolute Gasteiger partial charge is 0.379 e. The minimum absolute atomic E-state index is 0.285. The van der Waals surface area contributed by atoms with Crippen LogP contribution >= 0.6 is 28.1 Å². The number of aromatic nitrogens is 1. The Balaban J connectivity index is 1.55. The molecular formula is C17H19BrN4O3S2. The van der Waals surface area contributed by atoms with Crippen molar-refractivity contribution in [1.82, 2.24) is 14.6 Å². The molecule has 7 nitrogen and oxygen atoms in total. The Hall–Kier alpha value is -1.59. The number of morpholine rings is 1. The molecule has 1 aliphatic rings. The lowest BCUT2D eigenvalue weighted by molar-refractivity contribution is 0.0730. The van der Waals surface area contributed by atoms with E-state index in [1.165, 1.54) is 4.31 Å². The van der Waals surface area contributed by atoms with E-state index in [-0.39, 0.29) is 4.90 Å². The third-order valence-electron chi connectivity index (χ3n) is 3.95. The molecule has 10 heteroatoms. The summed E-state index contributed by atoms with van der Waals surface area (Å²) in [6, 6.07) is 10.5. The fourth-order valence-electron chi connectivity index (χ4n) is 2.51. The normalized spacial score (nSPS) is 15.3. The van der Waals surface area contributed by atoms with Gasteiger partial charge in [0.15, 0.2) is 5.11 Å². The SMILES string of the molecule is O=S(=O)(c1ccc(CNC(=S)Nc2ccc(Br)cn2)cc1)N1CCOCC1. The molecule has 1 saturated heterocycles. The van der Waals surface area contributed by atoms with Crippen LogP contribution in [0.3, 0.4) is 0 Å². The second kappa shape index (κ2) is 9.07. The second-order valence-electron chi connectivity index (χ2n) is 5.83. The molecule has 0 unspecified atom stereocenters. The summed E-state index contributed by atoms with van der Waals surface area (Å²) in [6.07, 6.45) is 1.68. The molecule has 0 aliphatic carbocycles. The van der Waals surface area contributed by atoms with Crippen molar-refractivity contribution in [3.8, 4) is 0 Å². The van der Waals surface area contributed by atoms with Crippen LogP contribution in [-0.2, 0) is 21.3 Å². The van der Waals surface area contributed by atoms with Gasteiger partial charge in [0.2, 0.25) is 10.0 Å². The van der Waals surface area contributed by atoms with E-state index in [0.29, 0.717) is 43.8 Å². The maximum absolute atomic E-state index is 12.6. The molecule has 3 rings (SSSR count). The minimum Gasteiger partial charge on any atom is -0.379 e. The number of nitrogens with zero attached hydrogens (tertiary/aromatic N) is 2. The summed E-state index contributed by atoms with van der Waals surface area (Å²) in [4.78, 5) is 4.48. The molecule has 1 aromatic heterocycles. The van der Waals surface area contributed by atoms with Gasteiger partial charge in [0, 0.05) is 30.3 Å². The number of anilines is 1. The van der Waals surface area contributed by atoms with Crippen molar-refractivity contribution in [3.05, 3.63) is 52.6 Å².